The highest BCUT2D eigenvalue weighted by molar-refractivity contribution is 5.77. The van der Waals surface area contributed by atoms with Gasteiger partial charge >= 0.3 is 0 Å². The van der Waals surface area contributed by atoms with Crippen LogP contribution in [0, 0.1) is 0 Å². The summed E-state index contributed by atoms with van der Waals surface area (Å²) < 4.78 is 1.82. The van der Waals surface area contributed by atoms with Crippen LogP contribution in [0.15, 0.2) is 41.7 Å². The Morgan fingerprint density at radius 1 is 1.37 bits per heavy atom. The van der Waals surface area contributed by atoms with Crippen LogP contribution in [0.4, 0.5) is 0 Å². The molecule has 0 bridgehead atoms. The summed E-state index contributed by atoms with van der Waals surface area (Å²) in [6.07, 6.45) is 2.56. The zero-order valence-corrected chi connectivity index (χ0v) is 11.0. The number of aromatic nitrogens is 3. The van der Waals surface area contributed by atoms with Crippen LogP contribution in [-0.4, -0.2) is 27.3 Å². The summed E-state index contributed by atoms with van der Waals surface area (Å²) >= 11 is 0. The van der Waals surface area contributed by atoms with E-state index < -0.39 is 0 Å². The van der Waals surface area contributed by atoms with Gasteiger partial charge in [-0.25, -0.2) is 4.99 Å². The molecule has 0 aliphatic rings. The van der Waals surface area contributed by atoms with Crippen LogP contribution in [-0.2, 0) is 20.0 Å². The fourth-order valence-corrected chi connectivity index (χ4v) is 1.64. The number of aliphatic imine (C=N–C) groups is 1. The van der Waals surface area contributed by atoms with Crippen molar-refractivity contribution in [3.8, 4) is 0 Å². The molecule has 19 heavy (non-hydrogen) atoms. The third-order valence-corrected chi connectivity index (χ3v) is 2.76. The third kappa shape index (κ3) is 4.09. The maximum absolute atomic E-state index is 5.79. The fraction of sp³-hybridized carbons (Fsp3) is 0.308. The topological polar surface area (TPSA) is 81.1 Å². The van der Waals surface area contributed by atoms with Crippen molar-refractivity contribution in [3.05, 3.63) is 48.0 Å². The van der Waals surface area contributed by atoms with Crippen molar-refractivity contribution in [2.45, 2.75) is 13.0 Å². The molecule has 6 nitrogen and oxygen atoms in total. The van der Waals surface area contributed by atoms with Crippen LogP contribution in [0.25, 0.3) is 0 Å². The van der Waals surface area contributed by atoms with E-state index in [1.54, 1.807) is 6.33 Å². The maximum Gasteiger partial charge on any atom is 0.189 e. The molecule has 3 N–H and O–H groups in total. The molecule has 0 spiro atoms. The van der Waals surface area contributed by atoms with Gasteiger partial charge < -0.3 is 15.6 Å². The van der Waals surface area contributed by atoms with Gasteiger partial charge in [0.15, 0.2) is 11.8 Å². The van der Waals surface area contributed by atoms with Crippen LogP contribution in [0.5, 0.6) is 0 Å². The molecule has 0 amide bonds. The highest BCUT2D eigenvalue weighted by atomic mass is 15.3. The molecule has 0 fully saturated rings. The van der Waals surface area contributed by atoms with Gasteiger partial charge in [0.2, 0.25) is 0 Å². The second-order valence-corrected chi connectivity index (χ2v) is 4.22. The summed E-state index contributed by atoms with van der Waals surface area (Å²) in [5, 5.41) is 10.8. The van der Waals surface area contributed by atoms with Gasteiger partial charge in [0.05, 0.1) is 0 Å². The van der Waals surface area contributed by atoms with Crippen LogP contribution in [0.2, 0.25) is 0 Å². The van der Waals surface area contributed by atoms with Gasteiger partial charge in [-0.15, -0.1) is 10.2 Å². The molecule has 0 aliphatic heterocycles. The van der Waals surface area contributed by atoms with Crippen LogP contribution in [0.3, 0.4) is 0 Å². The summed E-state index contributed by atoms with van der Waals surface area (Å²) in [6.45, 7) is 1.19. The lowest BCUT2D eigenvalue weighted by Gasteiger charge is -2.05. The van der Waals surface area contributed by atoms with Crippen LogP contribution in [0.1, 0.15) is 11.4 Å². The Hall–Kier alpha value is -2.37. The molecular formula is C13H18N6. The van der Waals surface area contributed by atoms with E-state index in [2.05, 4.69) is 32.6 Å². The summed E-state index contributed by atoms with van der Waals surface area (Å²) in [5.41, 5.74) is 7.06. The number of hydrogen-bond acceptors (Lipinski definition) is 3. The highest BCUT2D eigenvalue weighted by Gasteiger charge is 1.99. The standard InChI is InChI=1S/C13H18N6/c1-19-10-17-18-12(19)9-16-13(14)15-8-7-11-5-3-2-4-6-11/h2-6,10H,7-9H2,1H3,(H3,14,15,16). The van der Waals surface area contributed by atoms with E-state index in [0.717, 1.165) is 18.8 Å². The zero-order valence-electron chi connectivity index (χ0n) is 11.0. The molecule has 1 aromatic carbocycles. The van der Waals surface area contributed by atoms with Crippen molar-refractivity contribution in [1.29, 1.82) is 0 Å². The molecule has 0 saturated carbocycles. The Morgan fingerprint density at radius 2 is 2.16 bits per heavy atom. The predicted octanol–water partition coefficient (Wildman–Crippen LogP) is 0.462. The minimum Gasteiger partial charge on any atom is -0.370 e. The number of hydrogen-bond donors (Lipinski definition) is 2. The highest BCUT2D eigenvalue weighted by Crippen LogP contribution is 1.98. The molecule has 0 radical (unpaired) electrons. The van der Waals surface area contributed by atoms with Crippen molar-refractivity contribution in [2.24, 2.45) is 17.8 Å². The number of nitrogens with zero attached hydrogens (tertiary/aromatic N) is 4. The molecule has 1 heterocycles. The van der Waals surface area contributed by atoms with Gasteiger partial charge in [-0.05, 0) is 12.0 Å². The number of aryl methyl sites for hydroxylation is 1. The monoisotopic (exact) mass is 258 g/mol. The lowest BCUT2D eigenvalue weighted by molar-refractivity contribution is 0.781. The number of guanidine groups is 1. The minimum atomic E-state index is 0.430. The zero-order chi connectivity index (χ0) is 13.5. The SMILES string of the molecule is Cn1cnnc1CN=C(N)NCCc1ccccc1. The van der Waals surface area contributed by atoms with E-state index >= 15 is 0 Å². The van der Waals surface area contributed by atoms with E-state index in [-0.39, 0.29) is 0 Å². The van der Waals surface area contributed by atoms with E-state index in [9.17, 15) is 0 Å². The number of rotatable bonds is 5. The number of nitrogens with two attached hydrogens (primary N) is 1. The summed E-state index contributed by atoms with van der Waals surface area (Å²) in [6, 6.07) is 10.2. The largest absolute Gasteiger partial charge is 0.370 e. The summed E-state index contributed by atoms with van der Waals surface area (Å²) in [5.74, 6) is 1.21. The lowest BCUT2D eigenvalue weighted by Crippen LogP contribution is -2.33. The van der Waals surface area contributed by atoms with E-state index in [0.29, 0.717) is 12.5 Å². The first-order valence-electron chi connectivity index (χ1n) is 6.16. The first-order chi connectivity index (χ1) is 9.25. The van der Waals surface area contributed by atoms with Crippen molar-refractivity contribution in [2.75, 3.05) is 6.54 Å². The van der Waals surface area contributed by atoms with Crippen molar-refractivity contribution >= 4 is 5.96 Å². The van der Waals surface area contributed by atoms with Gasteiger partial charge in [0.1, 0.15) is 12.9 Å². The predicted molar refractivity (Wildman–Crippen MR) is 74.5 cm³/mol. The molecule has 6 heteroatoms. The van der Waals surface area contributed by atoms with Crippen molar-refractivity contribution in [3.63, 3.8) is 0 Å². The molecule has 2 aromatic rings. The summed E-state index contributed by atoms with van der Waals surface area (Å²) in [7, 11) is 1.88. The normalized spacial score (nSPS) is 11.5. The van der Waals surface area contributed by atoms with Crippen molar-refractivity contribution in [1.82, 2.24) is 20.1 Å². The first-order valence-corrected chi connectivity index (χ1v) is 6.16. The molecule has 0 saturated heterocycles. The number of benzene rings is 1. The van der Waals surface area contributed by atoms with Gasteiger partial charge in [0, 0.05) is 13.6 Å². The van der Waals surface area contributed by atoms with Gasteiger partial charge in [0.25, 0.3) is 0 Å². The minimum absolute atomic E-state index is 0.430. The molecule has 1 aromatic heterocycles. The van der Waals surface area contributed by atoms with E-state index in [4.69, 9.17) is 5.73 Å². The Bertz CT molecular complexity index is 531. The summed E-state index contributed by atoms with van der Waals surface area (Å²) in [4.78, 5) is 4.22. The smallest absolute Gasteiger partial charge is 0.189 e. The lowest BCUT2D eigenvalue weighted by atomic mass is 10.1. The average molecular weight is 258 g/mol. The van der Waals surface area contributed by atoms with Crippen LogP contribution >= 0.6 is 0 Å². The second-order valence-electron chi connectivity index (χ2n) is 4.22. The fourth-order valence-electron chi connectivity index (χ4n) is 1.64. The molecule has 2 rings (SSSR count). The third-order valence-electron chi connectivity index (χ3n) is 2.76. The Labute approximate surface area is 112 Å². The van der Waals surface area contributed by atoms with Gasteiger partial charge in [-0.3, -0.25) is 0 Å². The quantitative estimate of drug-likeness (QED) is 0.603. The van der Waals surface area contributed by atoms with Crippen LogP contribution < -0.4 is 11.1 Å². The van der Waals surface area contributed by atoms with Crippen molar-refractivity contribution < 1.29 is 0 Å². The number of nitrogens with one attached hydrogen (secondary N) is 1. The second kappa shape index (κ2) is 6.53. The molecule has 0 atom stereocenters. The van der Waals surface area contributed by atoms with E-state index in [1.165, 1.54) is 5.56 Å². The molecule has 100 valence electrons. The molecule has 0 aliphatic carbocycles. The van der Waals surface area contributed by atoms with Gasteiger partial charge in [-0.1, -0.05) is 30.3 Å². The Balaban J connectivity index is 1.75. The average Bonchev–Trinajstić information content (AvgIpc) is 2.83. The maximum atomic E-state index is 5.79. The first kappa shape index (κ1) is 13.1. The molecular weight excluding hydrogens is 240 g/mol. The molecule has 0 unspecified atom stereocenters. The Morgan fingerprint density at radius 3 is 2.84 bits per heavy atom. The van der Waals surface area contributed by atoms with E-state index in [1.807, 2.05) is 29.8 Å². The van der Waals surface area contributed by atoms with Gasteiger partial charge in [-0.2, -0.15) is 0 Å². The Kier molecular flexibility index (Phi) is 4.49.